The maximum atomic E-state index is 12.5. The topological polar surface area (TPSA) is 113 Å². The number of benzene rings is 2. The summed E-state index contributed by atoms with van der Waals surface area (Å²) in [7, 11) is 0. The highest BCUT2D eigenvalue weighted by atomic mass is 16.4. The molecule has 1 N–H and O–H groups in total. The summed E-state index contributed by atoms with van der Waals surface area (Å²) >= 11 is 0. The first-order valence-corrected chi connectivity index (χ1v) is 9.92. The van der Waals surface area contributed by atoms with Crippen molar-refractivity contribution in [2.45, 2.75) is 32.7 Å². The number of rotatable bonds is 6. The lowest BCUT2D eigenvalue weighted by Crippen LogP contribution is -2.48. The van der Waals surface area contributed by atoms with Gasteiger partial charge in [-0.05, 0) is 30.5 Å². The number of hydrogen-bond acceptors (Lipinski definition) is 6. The molecule has 0 fully saturated rings. The van der Waals surface area contributed by atoms with Gasteiger partial charge in [0.05, 0.1) is 30.3 Å². The number of carbonyl (C=O) groups is 2. The first kappa shape index (κ1) is 20.4. The van der Waals surface area contributed by atoms with Crippen LogP contribution in [-0.4, -0.2) is 17.9 Å². The van der Waals surface area contributed by atoms with Gasteiger partial charge in [-0.3, -0.25) is 4.79 Å². The molecule has 7 nitrogen and oxygen atoms in total. The van der Waals surface area contributed by atoms with E-state index in [2.05, 4.69) is 5.32 Å². The van der Waals surface area contributed by atoms with Gasteiger partial charge in [-0.25, -0.2) is 4.79 Å². The fourth-order valence-corrected chi connectivity index (χ4v) is 3.69. The smallest absolute Gasteiger partial charge is 0.340 e. The summed E-state index contributed by atoms with van der Waals surface area (Å²) in [5, 5.41) is 15.0. The molecule has 2 heterocycles. The number of nitrogens with one attached hydrogen (secondary N) is 1. The number of aryl methyl sites for hydroxylation is 1. The van der Waals surface area contributed by atoms with E-state index in [-0.39, 0.29) is 18.4 Å². The van der Waals surface area contributed by atoms with E-state index in [4.69, 9.17) is 8.83 Å². The number of carboxylic acid groups (broad SMARTS) is 1. The van der Waals surface area contributed by atoms with Crippen LogP contribution in [0, 0.1) is 6.92 Å². The van der Waals surface area contributed by atoms with Gasteiger partial charge in [0.2, 0.25) is 5.91 Å². The van der Waals surface area contributed by atoms with Crippen molar-refractivity contribution in [2.24, 2.45) is 0 Å². The first-order chi connectivity index (χ1) is 14.9. The van der Waals surface area contributed by atoms with Gasteiger partial charge in [0.15, 0.2) is 0 Å². The van der Waals surface area contributed by atoms with Gasteiger partial charge in [-0.15, -0.1) is 0 Å². The van der Waals surface area contributed by atoms with E-state index in [1.54, 1.807) is 26.2 Å². The molecular weight excluding hydrogens is 398 g/mol. The molecule has 0 saturated heterocycles. The van der Waals surface area contributed by atoms with Crippen LogP contribution in [0.15, 0.2) is 62.4 Å². The zero-order valence-corrected chi connectivity index (χ0v) is 17.1. The summed E-state index contributed by atoms with van der Waals surface area (Å²) in [6.07, 6.45) is 1.55. The summed E-state index contributed by atoms with van der Waals surface area (Å²) in [4.78, 5) is 35.9. The molecule has 1 amide bonds. The Kier molecular flexibility index (Phi) is 5.33. The number of carboxylic acids is 1. The van der Waals surface area contributed by atoms with Crippen molar-refractivity contribution in [3.05, 3.63) is 70.3 Å². The molecule has 7 heteroatoms. The van der Waals surface area contributed by atoms with E-state index in [0.717, 1.165) is 16.5 Å². The standard InChI is InChI=1S/C24H21NO6/c1-3-19(23(27)28)25-22(26)10-16-13(2)15-9-17-18(14-7-5-4-6-8-14)12-30-20(17)11-21(15)31-24(16)29/h4-9,11-12,19H,3,10H2,1-2H3,(H,25,26)(H,27,28)/p-1/t19-/m0/s1. The van der Waals surface area contributed by atoms with Crippen molar-refractivity contribution in [3.63, 3.8) is 0 Å². The minimum atomic E-state index is -1.37. The highest BCUT2D eigenvalue weighted by Crippen LogP contribution is 2.34. The predicted molar refractivity (Wildman–Crippen MR) is 113 cm³/mol. The third-order valence-corrected chi connectivity index (χ3v) is 5.43. The van der Waals surface area contributed by atoms with Crippen LogP contribution in [0.2, 0.25) is 0 Å². The number of furan rings is 1. The second-order valence-electron chi connectivity index (χ2n) is 7.38. The lowest BCUT2D eigenvalue weighted by Gasteiger charge is -2.18. The average Bonchev–Trinajstić information content (AvgIpc) is 3.17. The summed E-state index contributed by atoms with van der Waals surface area (Å²) in [6, 6.07) is 12.2. The van der Waals surface area contributed by atoms with Gasteiger partial charge in [0.1, 0.15) is 11.2 Å². The van der Waals surface area contributed by atoms with Crippen LogP contribution in [0.4, 0.5) is 0 Å². The summed E-state index contributed by atoms with van der Waals surface area (Å²) < 4.78 is 11.1. The fraction of sp³-hybridized carbons (Fsp3) is 0.208. The van der Waals surface area contributed by atoms with Crippen molar-refractivity contribution >= 4 is 33.8 Å². The van der Waals surface area contributed by atoms with E-state index < -0.39 is 23.5 Å². The third kappa shape index (κ3) is 3.82. The van der Waals surface area contributed by atoms with E-state index in [1.165, 1.54) is 0 Å². The van der Waals surface area contributed by atoms with Gasteiger partial charge < -0.3 is 24.1 Å². The SMILES string of the molecule is CC[C@H](NC(=O)Cc1c(C)c2cc3c(-c4ccccc4)coc3cc2oc1=O)C(=O)[O-]. The molecule has 31 heavy (non-hydrogen) atoms. The molecular formula is C24H20NO6-. The number of carbonyl (C=O) groups excluding carboxylic acids is 2. The molecule has 158 valence electrons. The highest BCUT2D eigenvalue weighted by molar-refractivity contribution is 6.02. The van der Waals surface area contributed by atoms with Crippen molar-refractivity contribution < 1.29 is 23.5 Å². The molecule has 2 aromatic heterocycles. The minimum Gasteiger partial charge on any atom is -0.548 e. The van der Waals surface area contributed by atoms with E-state index in [1.807, 2.05) is 36.4 Å². The van der Waals surface area contributed by atoms with Crippen LogP contribution in [-0.2, 0) is 16.0 Å². The lowest BCUT2D eigenvalue weighted by molar-refractivity contribution is -0.308. The van der Waals surface area contributed by atoms with Crippen molar-refractivity contribution in [3.8, 4) is 11.1 Å². The Bertz CT molecular complexity index is 1350. The molecule has 0 bridgehead atoms. The average molecular weight is 418 g/mol. The molecule has 0 aliphatic carbocycles. The van der Waals surface area contributed by atoms with Crippen molar-refractivity contribution in [1.82, 2.24) is 5.32 Å². The molecule has 4 rings (SSSR count). The fourth-order valence-electron chi connectivity index (χ4n) is 3.69. The predicted octanol–water partition coefficient (Wildman–Crippen LogP) is 2.70. The van der Waals surface area contributed by atoms with E-state index in [0.29, 0.717) is 22.1 Å². The molecule has 0 aliphatic rings. The monoisotopic (exact) mass is 418 g/mol. The Labute approximate surface area is 177 Å². The number of fused-ring (bicyclic) bond motifs is 2. The first-order valence-electron chi connectivity index (χ1n) is 9.92. The van der Waals surface area contributed by atoms with Crippen molar-refractivity contribution in [1.29, 1.82) is 0 Å². The molecule has 0 aliphatic heterocycles. The van der Waals surface area contributed by atoms with Gasteiger partial charge in [0.25, 0.3) is 0 Å². The number of hydrogen-bond donors (Lipinski definition) is 1. The number of amides is 1. The zero-order chi connectivity index (χ0) is 22.1. The normalized spacial score (nSPS) is 12.2. The summed E-state index contributed by atoms with van der Waals surface area (Å²) in [6.45, 7) is 3.36. The maximum absolute atomic E-state index is 12.5. The maximum Gasteiger partial charge on any atom is 0.340 e. The Morgan fingerprint density at radius 1 is 1.10 bits per heavy atom. The molecule has 0 radical (unpaired) electrons. The van der Waals surface area contributed by atoms with Crippen LogP contribution in [0.25, 0.3) is 33.1 Å². The molecule has 4 aromatic rings. The molecule has 0 saturated carbocycles. The summed E-state index contributed by atoms with van der Waals surface area (Å²) in [5.74, 6) is -1.95. The molecule has 0 unspecified atom stereocenters. The molecule has 2 aromatic carbocycles. The second-order valence-corrected chi connectivity index (χ2v) is 7.38. The molecule has 0 spiro atoms. The van der Waals surface area contributed by atoms with Crippen molar-refractivity contribution in [2.75, 3.05) is 0 Å². The lowest BCUT2D eigenvalue weighted by atomic mass is 9.99. The zero-order valence-electron chi connectivity index (χ0n) is 17.1. The summed E-state index contributed by atoms with van der Waals surface area (Å²) in [5.41, 5.74) is 2.97. The Morgan fingerprint density at radius 3 is 2.52 bits per heavy atom. The second kappa shape index (κ2) is 8.10. The Hall–Kier alpha value is -3.87. The van der Waals surface area contributed by atoms with Crippen LogP contribution >= 0.6 is 0 Å². The highest BCUT2D eigenvalue weighted by Gasteiger charge is 2.19. The number of aliphatic carboxylic acids is 1. The Balaban J connectivity index is 1.77. The van der Waals surface area contributed by atoms with Crippen LogP contribution in [0.3, 0.4) is 0 Å². The van der Waals surface area contributed by atoms with Gasteiger partial charge in [-0.2, -0.15) is 0 Å². The van der Waals surface area contributed by atoms with Crippen LogP contribution in [0.5, 0.6) is 0 Å². The van der Waals surface area contributed by atoms with Crippen LogP contribution in [0.1, 0.15) is 24.5 Å². The Morgan fingerprint density at radius 2 is 1.84 bits per heavy atom. The molecule has 1 atom stereocenters. The quantitative estimate of drug-likeness (QED) is 0.482. The van der Waals surface area contributed by atoms with E-state index in [9.17, 15) is 19.5 Å². The van der Waals surface area contributed by atoms with Crippen LogP contribution < -0.4 is 16.0 Å². The van der Waals surface area contributed by atoms with Gasteiger partial charge in [0, 0.05) is 22.4 Å². The minimum absolute atomic E-state index is 0.181. The van der Waals surface area contributed by atoms with Gasteiger partial charge in [-0.1, -0.05) is 37.3 Å². The largest absolute Gasteiger partial charge is 0.548 e. The third-order valence-electron chi connectivity index (χ3n) is 5.43. The van der Waals surface area contributed by atoms with E-state index >= 15 is 0 Å². The van der Waals surface area contributed by atoms with Gasteiger partial charge >= 0.3 is 5.63 Å².